The minimum absolute atomic E-state index is 0.0982. The SMILES string of the molecule is C=C(C(C)C)[N+]1=C(O)CN2CCN(C(C)C(=O)O)CCN(C(C)C(=O)O)CCN(C(C)C(=O)O)C(CC1)C2. The van der Waals surface area contributed by atoms with Crippen molar-refractivity contribution in [2.45, 2.75) is 65.2 Å². The lowest BCUT2D eigenvalue weighted by atomic mass is 10.0. The van der Waals surface area contributed by atoms with Gasteiger partial charge in [-0.1, -0.05) is 13.8 Å². The van der Waals surface area contributed by atoms with Crippen LogP contribution in [0.1, 0.15) is 41.0 Å². The second-order valence-electron chi connectivity index (χ2n) is 10.7. The summed E-state index contributed by atoms with van der Waals surface area (Å²) in [6, 6.07) is -2.58. The molecule has 216 valence electrons. The molecule has 0 aromatic heterocycles. The van der Waals surface area contributed by atoms with E-state index < -0.39 is 36.0 Å². The third kappa shape index (κ3) is 8.23. The third-order valence-electron chi connectivity index (χ3n) is 8.00. The van der Waals surface area contributed by atoms with Gasteiger partial charge in [-0.25, -0.2) is 0 Å². The highest BCUT2D eigenvalue weighted by Crippen LogP contribution is 2.19. The van der Waals surface area contributed by atoms with E-state index in [4.69, 9.17) is 0 Å². The lowest BCUT2D eigenvalue weighted by Gasteiger charge is -2.41. The number of hydrogen-bond acceptors (Lipinski definition) is 7. The molecule has 0 amide bonds. The van der Waals surface area contributed by atoms with Crippen molar-refractivity contribution in [3.05, 3.63) is 12.3 Å². The molecule has 2 bridgehead atoms. The van der Waals surface area contributed by atoms with Crippen LogP contribution >= 0.6 is 0 Å². The number of nitrogens with zero attached hydrogens (tertiary/aromatic N) is 5. The van der Waals surface area contributed by atoms with Crippen LogP contribution in [0.3, 0.4) is 0 Å². The van der Waals surface area contributed by atoms with Gasteiger partial charge in [-0.05, 0) is 27.4 Å². The van der Waals surface area contributed by atoms with E-state index in [9.17, 15) is 34.8 Å². The van der Waals surface area contributed by atoms with Crippen molar-refractivity contribution in [1.82, 2.24) is 19.6 Å². The Morgan fingerprint density at radius 3 is 1.76 bits per heavy atom. The lowest BCUT2D eigenvalue weighted by Crippen LogP contribution is -2.58. The fourth-order valence-corrected chi connectivity index (χ4v) is 5.12. The van der Waals surface area contributed by atoms with Crippen LogP contribution in [0, 0.1) is 5.92 Å². The molecule has 0 spiro atoms. The lowest BCUT2D eigenvalue weighted by molar-refractivity contribution is -0.495. The zero-order valence-electron chi connectivity index (χ0n) is 23.4. The molecule has 0 saturated carbocycles. The smallest absolute Gasteiger partial charge is 0.354 e. The molecule has 0 aromatic carbocycles. The fraction of sp³-hybridized carbons (Fsp3) is 0.769. The molecule has 0 aliphatic carbocycles. The van der Waals surface area contributed by atoms with Crippen LogP contribution in [0.25, 0.3) is 0 Å². The molecule has 12 nitrogen and oxygen atoms in total. The quantitative estimate of drug-likeness (QED) is 0.320. The monoisotopic (exact) mass is 540 g/mol. The van der Waals surface area contributed by atoms with Gasteiger partial charge in [0.1, 0.15) is 24.7 Å². The van der Waals surface area contributed by atoms with Crippen molar-refractivity contribution >= 4 is 23.8 Å². The van der Waals surface area contributed by atoms with E-state index in [1.54, 1.807) is 30.2 Å². The minimum Gasteiger partial charge on any atom is -0.480 e. The topological polar surface area (TPSA) is 148 Å². The van der Waals surface area contributed by atoms with Gasteiger partial charge < -0.3 is 20.4 Å². The highest BCUT2D eigenvalue weighted by atomic mass is 16.4. The summed E-state index contributed by atoms with van der Waals surface area (Å²) in [5.41, 5.74) is 0.768. The summed E-state index contributed by atoms with van der Waals surface area (Å²) in [6.07, 6.45) is 0.563. The maximum atomic E-state index is 12.1. The van der Waals surface area contributed by atoms with Crippen LogP contribution in [-0.2, 0) is 14.4 Å². The number of rotatable bonds is 8. The predicted molar refractivity (Wildman–Crippen MR) is 143 cm³/mol. The number of carbonyl (C=O) groups is 3. The van der Waals surface area contributed by atoms with Crippen molar-refractivity contribution in [3.8, 4) is 0 Å². The highest BCUT2D eigenvalue weighted by Gasteiger charge is 2.36. The molecule has 2 aliphatic heterocycles. The van der Waals surface area contributed by atoms with E-state index in [1.165, 1.54) is 0 Å². The maximum Gasteiger partial charge on any atom is 0.354 e. The molecule has 1 saturated heterocycles. The first kappa shape index (κ1) is 31.7. The molecule has 0 aromatic rings. The van der Waals surface area contributed by atoms with E-state index in [1.807, 2.05) is 28.5 Å². The average Bonchev–Trinajstić information content (AvgIpc) is 2.83. The van der Waals surface area contributed by atoms with Gasteiger partial charge in [0.2, 0.25) is 0 Å². The van der Waals surface area contributed by atoms with Gasteiger partial charge in [-0.15, -0.1) is 0 Å². The van der Waals surface area contributed by atoms with E-state index in [0.717, 1.165) is 5.70 Å². The van der Waals surface area contributed by atoms with Gasteiger partial charge >= 0.3 is 23.8 Å². The van der Waals surface area contributed by atoms with E-state index in [2.05, 4.69) is 6.58 Å². The van der Waals surface area contributed by atoms with E-state index in [-0.39, 0.29) is 24.4 Å². The summed E-state index contributed by atoms with van der Waals surface area (Å²) in [4.78, 5) is 43.4. The summed E-state index contributed by atoms with van der Waals surface area (Å²) in [5, 5.41) is 40.4. The summed E-state index contributed by atoms with van der Waals surface area (Å²) < 4.78 is 1.80. The molecular formula is C26H46N5O7+. The largest absolute Gasteiger partial charge is 0.480 e. The number of carboxylic acids is 3. The van der Waals surface area contributed by atoms with Crippen molar-refractivity contribution in [3.63, 3.8) is 0 Å². The van der Waals surface area contributed by atoms with Gasteiger partial charge in [0, 0.05) is 64.2 Å². The first-order valence-corrected chi connectivity index (χ1v) is 13.4. The molecule has 5 unspecified atom stereocenters. The number of aliphatic hydroxyl groups excluding tert-OH is 1. The maximum absolute atomic E-state index is 12.1. The predicted octanol–water partition coefficient (Wildman–Crippen LogP) is 0.538. The van der Waals surface area contributed by atoms with Crippen molar-refractivity contribution in [2.75, 3.05) is 58.9 Å². The molecule has 0 radical (unpaired) electrons. The van der Waals surface area contributed by atoms with Crippen LogP contribution in [0.4, 0.5) is 0 Å². The molecular weight excluding hydrogens is 494 g/mol. The number of aliphatic carboxylic acids is 3. The Morgan fingerprint density at radius 1 is 0.816 bits per heavy atom. The Balaban J connectivity index is 2.52. The van der Waals surface area contributed by atoms with Gasteiger partial charge in [-0.3, -0.25) is 34.0 Å². The molecule has 12 heteroatoms. The van der Waals surface area contributed by atoms with Gasteiger partial charge in [0.25, 0.3) is 0 Å². The summed E-state index contributed by atoms with van der Waals surface area (Å²) in [7, 11) is 0. The van der Waals surface area contributed by atoms with Crippen molar-refractivity contribution < 1.29 is 39.4 Å². The molecule has 1 fully saturated rings. The number of carboxylic acid groups (broad SMARTS) is 3. The second-order valence-corrected chi connectivity index (χ2v) is 10.7. The number of fused-ring (bicyclic) bond motifs is 2. The average molecular weight is 541 g/mol. The number of hydrogen-bond donors (Lipinski definition) is 4. The standard InChI is InChI=1S/C26H45N5O7/c1-17(2)18(3)31-8-7-22-15-27(16-23(31)32)9-10-28(19(4)24(33)34)11-12-29(20(5)25(35)36)13-14-30(22)21(6)26(37)38/h17,19-22H,3,7-16H2,1-2,4-6H3,(H3,33,34,35,36,37,38)/p+1. The van der Waals surface area contributed by atoms with Crippen LogP contribution in [-0.4, -0.2) is 151 Å². The molecule has 5 atom stereocenters. The fourth-order valence-electron chi connectivity index (χ4n) is 5.12. The van der Waals surface area contributed by atoms with E-state index >= 15 is 0 Å². The third-order valence-corrected chi connectivity index (χ3v) is 8.00. The second kappa shape index (κ2) is 14.0. The minimum atomic E-state index is -0.987. The molecule has 4 N–H and O–H groups in total. The van der Waals surface area contributed by atoms with Gasteiger partial charge in [-0.2, -0.15) is 4.58 Å². The first-order chi connectivity index (χ1) is 17.7. The van der Waals surface area contributed by atoms with Crippen molar-refractivity contribution in [2.24, 2.45) is 5.92 Å². The number of aliphatic hydroxyl groups is 1. The summed E-state index contributed by atoms with van der Waals surface area (Å²) >= 11 is 0. The summed E-state index contributed by atoms with van der Waals surface area (Å²) in [5.74, 6) is -2.63. The zero-order chi connectivity index (χ0) is 28.7. The highest BCUT2D eigenvalue weighted by molar-refractivity contribution is 5.74. The Kier molecular flexibility index (Phi) is 11.7. The number of allylic oxidation sites excluding steroid dienone is 1. The van der Waals surface area contributed by atoms with Crippen molar-refractivity contribution in [1.29, 1.82) is 0 Å². The Labute approximate surface area is 225 Å². The summed E-state index contributed by atoms with van der Waals surface area (Å²) in [6.45, 7) is 16.3. The van der Waals surface area contributed by atoms with Gasteiger partial charge in [0.05, 0.1) is 0 Å². The van der Waals surface area contributed by atoms with Crippen LogP contribution in [0.15, 0.2) is 12.3 Å². The Morgan fingerprint density at radius 2 is 1.29 bits per heavy atom. The van der Waals surface area contributed by atoms with E-state index in [0.29, 0.717) is 58.8 Å². The molecule has 38 heavy (non-hydrogen) atoms. The molecule has 2 aliphatic rings. The Hall–Kier alpha value is -2.54. The van der Waals surface area contributed by atoms with Crippen LogP contribution < -0.4 is 0 Å². The molecule has 2 rings (SSSR count). The Bertz CT molecular complexity index is 908. The van der Waals surface area contributed by atoms with Gasteiger partial charge in [0.15, 0.2) is 12.2 Å². The first-order valence-electron chi connectivity index (χ1n) is 13.4. The van der Waals surface area contributed by atoms with Crippen LogP contribution in [0.2, 0.25) is 0 Å². The zero-order valence-corrected chi connectivity index (χ0v) is 23.4. The molecule has 2 heterocycles. The normalized spacial score (nSPS) is 25.8. The van der Waals surface area contributed by atoms with Crippen LogP contribution in [0.5, 0.6) is 0 Å².